The molecule has 0 fully saturated rings. The van der Waals surface area contributed by atoms with Gasteiger partial charge in [0.15, 0.2) is 5.65 Å². The molecule has 1 amide bonds. The SMILES string of the molecule is Cc1ccc2c(c1)cc(CN(Cc1ccc(F)cc1)C(=O)c1ccncc1)c1nnnn12. The van der Waals surface area contributed by atoms with Crippen molar-refractivity contribution in [2.24, 2.45) is 0 Å². The summed E-state index contributed by atoms with van der Waals surface area (Å²) < 4.78 is 15.1. The van der Waals surface area contributed by atoms with E-state index in [0.29, 0.717) is 17.8 Å². The summed E-state index contributed by atoms with van der Waals surface area (Å²) in [6.45, 7) is 2.62. The van der Waals surface area contributed by atoms with Gasteiger partial charge in [-0.2, -0.15) is 4.52 Å². The molecule has 7 nitrogen and oxygen atoms in total. The molecule has 0 aliphatic heterocycles. The standard InChI is InChI=1S/C24H19FN6O/c1-16-2-7-22-19(12-16)13-20(23-27-28-29-31(22)23)15-30(14-17-3-5-21(25)6-4-17)24(32)18-8-10-26-11-9-18/h2-13H,14-15H2,1H3. The van der Waals surface area contributed by atoms with Gasteiger partial charge in [0.1, 0.15) is 5.82 Å². The summed E-state index contributed by atoms with van der Waals surface area (Å²) in [4.78, 5) is 19.1. The number of rotatable bonds is 5. The smallest absolute Gasteiger partial charge is 0.254 e. The molecule has 158 valence electrons. The van der Waals surface area contributed by atoms with Gasteiger partial charge in [0, 0.05) is 35.5 Å². The molecule has 2 aromatic carbocycles. The van der Waals surface area contributed by atoms with Gasteiger partial charge in [0.2, 0.25) is 0 Å². The third kappa shape index (κ3) is 3.78. The van der Waals surface area contributed by atoms with Crippen LogP contribution in [0.1, 0.15) is 27.0 Å². The minimum atomic E-state index is -0.318. The van der Waals surface area contributed by atoms with E-state index in [4.69, 9.17) is 0 Å². The Balaban J connectivity index is 1.58. The number of carbonyl (C=O) groups is 1. The molecule has 32 heavy (non-hydrogen) atoms. The minimum absolute atomic E-state index is 0.160. The normalized spacial score (nSPS) is 11.2. The van der Waals surface area contributed by atoms with Crippen LogP contribution in [-0.4, -0.2) is 35.8 Å². The summed E-state index contributed by atoms with van der Waals surface area (Å²) in [6, 6.07) is 17.6. The van der Waals surface area contributed by atoms with Crippen LogP contribution < -0.4 is 0 Å². The maximum atomic E-state index is 13.4. The van der Waals surface area contributed by atoms with Crippen LogP contribution in [0.5, 0.6) is 0 Å². The Hall–Kier alpha value is -4.20. The van der Waals surface area contributed by atoms with Crippen molar-refractivity contribution in [3.8, 4) is 0 Å². The lowest BCUT2D eigenvalue weighted by molar-refractivity contribution is 0.0730. The molecule has 0 bridgehead atoms. The number of aromatic nitrogens is 5. The third-order valence-electron chi connectivity index (χ3n) is 5.36. The van der Waals surface area contributed by atoms with Crippen LogP contribution in [0.25, 0.3) is 16.6 Å². The first kappa shape index (κ1) is 19.7. The van der Waals surface area contributed by atoms with Gasteiger partial charge in [-0.3, -0.25) is 9.78 Å². The lowest BCUT2D eigenvalue weighted by Gasteiger charge is -2.23. The van der Waals surface area contributed by atoms with E-state index in [0.717, 1.165) is 27.6 Å². The number of fused-ring (bicyclic) bond motifs is 3. The lowest BCUT2D eigenvalue weighted by atomic mass is 10.1. The summed E-state index contributed by atoms with van der Waals surface area (Å²) in [5, 5.41) is 13.2. The summed E-state index contributed by atoms with van der Waals surface area (Å²) >= 11 is 0. The number of amides is 1. The molecule has 0 saturated heterocycles. The van der Waals surface area contributed by atoms with Crippen molar-refractivity contribution in [3.63, 3.8) is 0 Å². The van der Waals surface area contributed by atoms with E-state index < -0.39 is 0 Å². The number of tetrazole rings is 1. The topological polar surface area (TPSA) is 76.3 Å². The van der Waals surface area contributed by atoms with Gasteiger partial charge >= 0.3 is 0 Å². The first-order valence-corrected chi connectivity index (χ1v) is 10.1. The van der Waals surface area contributed by atoms with E-state index >= 15 is 0 Å². The molecule has 5 rings (SSSR count). The van der Waals surface area contributed by atoms with Crippen LogP contribution >= 0.6 is 0 Å². The molecule has 3 heterocycles. The second-order valence-electron chi connectivity index (χ2n) is 7.67. The Morgan fingerprint density at radius 3 is 2.56 bits per heavy atom. The number of halogens is 1. The highest BCUT2D eigenvalue weighted by molar-refractivity contribution is 5.94. The van der Waals surface area contributed by atoms with Crippen molar-refractivity contribution in [1.29, 1.82) is 0 Å². The number of pyridine rings is 2. The van der Waals surface area contributed by atoms with Crippen molar-refractivity contribution in [1.82, 2.24) is 29.9 Å². The molecule has 0 saturated carbocycles. The summed E-state index contributed by atoms with van der Waals surface area (Å²) in [5.41, 5.74) is 4.76. The van der Waals surface area contributed by atoms with E-state index in [9.17, 15) is 9.18 Å². The minimum Gasteiger partial charge on any atom is -0.330 e. The second-order valence-corrected chi connectivity index (χ2v) is 7.67. The zero-order valence-electron chi connectivity index (χ0n) is 17.3. The van der Waals surface area contributed by atoms with Crippen LogP contribution in [0, 0.1) is 12.7 Å². The van der Waals surface area contributed by atoms with Gasteiger partial charge < -0.3 is 4.90 Å². The van der Waals surface area contributed by atoms with Gasteiger partial charge in [-0.25, -0.2) is 4.39 Å². The molecule has 0 aliphatic rings. The van der Waals surface area contributed by atoms with Gasteiger partial charge in [-0.15, -0.1) is 5.10 Å². The maximum Gasteiger partial charge on any atom is 0.254 e. The molecule has 0 N–H and O–H groups in total. The van der Waals surface area contributed by atoms with Crippen molar-refractivity contribution >= 4 is 22.5 Å². The summed E-state index contributed by atoms with van der Waals surface area (Å²) in [5.74, 6) is -0.478. The molecular weight excluding hydrogens is 407 g/mol. The molecule has 0 atom stereocenters. The molecule has 0 aliphatic carbocycles. The fourth-order valence-corrected chi connectivity index (χ4v) is 3.79. The first-order chi connectivity index (χ1) is 15.6. The second kappa shape index (κ2) is 8.14. The maximum absolute atomic E-state index is 13.4. The molecule has 0 spiro atoms. The Bertz CT molecular complexity index is 1420. The lowest BCUT2D eigenvalue weighted by Crippen LogP contribution is -2.30. The average Bonchev–Trinajstić information content (AvgIpc) is 3.30. The van der Waals surface area contributed by atoms with Crippen LogP contribution in [0.3, 0.4) is 0 Å². The van der Waals surface area contributed by atoms with Crippen molar-refractivity contribution < 1.29 is 9.18 Å². The quantitative estimate of drug-likeness (QED) is 0.425. The van der Waals surface area contributed by atoms with Crippen LogP contribution in [0.15, 0.2) is 73.1 Å². The Morgan fingerprint density at radius 2 is 1.78 bits per heavy atom. The van der Waals surface area contributed by atoms with Crippen molar-refractivity contribution in [3.05, 3.63) is 101 Å². The molecular formula is C24H19FN6O. The van der Waals surface area contributed by atoms with E-state index in [1.165, 1.54) is 12.1 Å². The highest BCUT2D eigenvalue weighted by Crippen LogP contribution is 2.23. The number of hydrogen-bond donors (Lipinski definition) is 0. The number of hydrogen-bond acceptors (Lipinski definition) is 5. The van der Waals surface area contributed by atoms with E-state index in [1.54, 1.807) is 46.1 Å². The van der Waals surface area contributed by atoms with Crippen molar-refractivity contribution in [2.45, 2.75) is 20.0 Å². The Kier molecular flexibility index (Phi) is 5.03. The number of nitrogens with zero attached hydrogens (tertiary/aromatic N) is 6. The largest absolute Gasteiger partial charge is 0.330 e. The summed E-state index contributed by atoms with van der Waals surface area (Å²) in [6.07, 6.45) is 3.17. The van der Waals surface area contributed by atoms with Crippen LogP contribution in [-0.2, 0) is 13.1 Å². The average molecular weight is 426 g/mol. The van der Waals surface area contributed by atoms with Gasteiger partial charge in [-0.05, 0) is 65.4 Å². The number of benzene rings is 2. The molecule has 0 radical (unpaired) electrons. The number of carbonyl (C=O) groups excluding carboxylic acids is 1. The molecule has 3 aromatic heterocycles. The van der Waals surface area contributed by atoms with Crippen LogP contribution in [0.4, 0.5) is 4.39 Å². The third-order valence-corrected chi connectivity index (χ3v) is 5.36. The Labute approximate surface area is 183 Å². The highest BCUT2D eigenvalue weighted by atomic mass is 19.1. The summed E-state index contributed by atoms with van der Waals surface area (Å²) in [7, 11) is 0. The predicted octanol–water partition coefficient (Wildman–Crippen LogP) is 3.96. The first-order valence-electron chi connectivity index (χ1n) is 10.1. The zero-order valence-corrected chi connectivity index (χ0v) is 17.3. The van der Waals surface area contributed by atoms with E-state index in [1.807, 2.05) is 25.1 Å². The molecule has 0 unspecified atom stereocenters. The fraction of sp³-hybridized carbons (Fsp3) is 0.125. The Morgan fingerprint density at radius 1 is 1.00 bits per heavy atom. The van der Waals surface area contributed by atoms with E-state index in [2.05, 4.69) is 26.6 Å². The number of aryl methyl sites for hydroxylation is 1. The molecule has 8 heteroatoms. The highest BCUT2D eigenvalue weighted by Gasteiger charge is 2.20. The van der Waals surface area contributed by atoms with Gasteiger partial charge in [0.05, 0.1) is 12.1 Å². The zero-order chi connectivity index (χ0) is 22.1. The van der Waals surface area contributed by atoms with E-state index in [-0.39, 0.29) is 18.3 Å². The fourth-order valence-electron chi connectivity index (χ4n) is 3.79. The van der Waals surface area contributed by atoms with Gasteiger partial charge in [0.25, 0.3) is 5.91 Å². The van der Waals surface area contributed by atoms with Crippen LogP contribution in [0.2, 0.25) is 0 Å². The molecule has 5 aromatic rings. The van der Waals surface area contributed by atoms with Gasteiger partial charge in [-0.1, -0.05) is 23.8 Å². The monoisotopic (exact) mass is 426 g/mol. The predicted molar refractivity (Wildman–Crippen MR) is 117 cm³/mol. The van der Waals surface area contributed by atoms with Crippen molar-refractivity contribution in [2.75, 3.05) is 0 Å².